The molecule has 1 aliphatic rings. The maximum absolute atomic E-state index is 14.8. The van der Waals surface area contributed by atoms with Crippen LogP contribution in [0.25, 0.3) is 16.7 Å². The largest absolute Gasteiger partial charge is 0.380 e. The van der Waals surface area contributed by atoms with E-state index in [0.717, 1.165) is 22.7 Å². The van der Waals surface area contributed by atoms with Gasteiger partial charge in [-0.15, -0.1) is 5.10 Å². The summed E-state index contributed by atoms with van der Waals surface area (Å²) < 4.78 is 39.6. The molecule has 2 aromatic carbocycles. The van der Waals surface area contributed by atoms with Gasteiger partial charge in [0.25, 0.3) is 11.8 Å². The number of hydrogen-bond acceptors (Lipinski definition) is 8. The number of aromatic nitrogens is 3. The average molecular weight is 498 g/mol. The van der Waals surface area contributed by atoms with Crippen LogP contribution in [0.5, 0.6) is 0 Å². The lowest BCUT2D eigenvalue weighted by Gasteiger charge is -2.37. The monoisotopic (exact) mass is 498 g/mol. The molecule has 13 heteroatoms. The Morgan fingerprint density at radius 3 is 2.75 bits per heavy atom. The molecular formula is C23H20F2N6O5. The summed E-state index contributed by atoms with van der Waals surface area (Å²) in [5, 5.41) is 21.8. The minimum Gasteiger partial charge on any atom is -0.380 e. The molecule has 0 aliphatic carbocycles. The third-order valence-electron chi connectivity index (χ3n) is 5.82. The number of aliphatic hydroxyl groups is 1. The number of carbonyl (C=O) groups is 2. The van der Waals surface area contributed by atoms with Gasteiger partial charge in [-0.25, -0.2) is 13.5 Å². The first-order valence-corrected chi connectivity index (χ1v) is 10.8. The molecule has 2 aromatic heterocycles. The summed E-state index contributed by atoms with van der Waals surface area (Å²) in [5.41, 5.74) is 4.29. The molecule has 4 aromatic rings. The molecule has 4 N–H and O–H groups in total. The van der Waals surface area contributed by atoms with Crippen LogP contribution in [-0.4, -0.2) is 56.7 Å². The number of amides is 2. The van der Waals surface area contributed by atoms with Crippen LogP contribution in [-0.2, 0) is 14.3 Å². The van der Waals surface area contributed by atoms with Crippen LogP contribution in [0, 0.1) is 11.6 Å². The number of halogens is 2. The van der Waals surface area contributed by atoms with E-state index in [1.807, 2.05) is 0 Å². The van der Waals surface area contributed by atoms with Gasteiger partial charge in [0.2, 0.25) is 0 Å². The van der Waals surface area contributed by atoms with E-state index < -0.39 is 35.2 Å². The number of anilines is 3. The van der Waals surface area contributed by atoms with Gasteiger partial charge in [-0.3, -0.25) is 14.5 Å². The number of ether oxygens (including phenoxy) is 1. The second-order valence-electron chi connectivity index (χ2n) is 8.34. The number of carbonyl (C=O) groups excluding carboxylic acids is 2. The highest BCUT2D eigenvalue weighted by molar-refractivity contribution is 6.06. The first-order valence-electron chi connectivity index (χ1n) is 10.8. The zero-order chi connectivity index (χ0) is 25.6. The number of hydrogen-bond donors (Lipinski definition) is 3. The van der Waals surface area contributed by atoms with E-state index in [1.165, 1.54) is 36.4 Å². The number of rotatable bonds is 5. The minimum absolute atomic E-state index is 0.0615. The molecule has 2 unspecified atom stereocenters. The number of nitrogen functional groups attached to an aromatic ring is 1. The number of nitrogens with two attached hydrogens (primary N) is 1. The van der Waals surface area contributed by atoms with Crippen molar-refractivity contribution in [1.82, 2.24) is 14.9 Å². The highest BCUT2D eigenvalue weighted by atomic mass is 19.1. The number of nitrogens with zero attached hydrogens (tertiary/aromatic N) is 4. The van der Waals surface area contributed by atoms with Gasteiger partial charge >= 0.3 is 0 Å². The molecule has 11 nitrogen and oxygen atoms in total. The maximum Gasteiger partial charge on any atom is 0.261 e. The van der Waals surface area contributed by atoms with Crippen LogP contribution in [0.4, 0.5) is 26.1 Å². The molecule has 0 saturated carbocycles. The molecule has 3 heterocycles. The molecule has 186 valence electrons. The molecular weight excluding hydrogens is 478 g/mol. The summed E-state index contributed by atoms with van der Waals surface area (Å²) in [6.45, 7) is 0.965. The topological polar surface area (TPSA) is 149 Å². The van der Waals surface area contributed by atoms with Gasteiger partial charge in [0, 0.05) is 11.8 Å². The standard InChI is InChI=1S/C23H20F2N6O5/c1-23(34,22(33)27-13-4-7-15-17(10-13)36-29-19(15)26)18-21(32)30(8-9-35-18)20-16(25)11-31(28-20)14-5-2-12(24)3-6-14/h2-7,10-11,18,34H,8-9H2,1H3,(H2,26,29)(H,27,33). The van der Waals surface area contributed by atoms with Crippen LogP contribution in [0.15, 0.2) is 53.2 Å². The highest BCUT2D eigenvalue weighted by Crippen LogP contribution is 2.28. The molecule has 2 atom stereocenters. The Kier molecular flexibility index (Phi) is 5.65. The quantitative estimate of drug-likeness (QED) is 0.378. The molecule has 1 saturated heterocycles. The Morgan fingerprint density at radius 1 is 1.25 bits per heavy atom. The van der Waals surface area contributed by atoms with Crippen molar-refractivity contribution in [3.05, 3.63) is 60.3 Å². The molecule has 0 spiro atoms. The van der Waals surface area contributed by atoms with E-state index in [4.69, 9.17) is 15.0 Å². The minimum atomic E-state index is -2.33. The van der Waals surface area contributed by atoms with Crippen LogP contribution in [0.2, 0.25) is 0 Å². The van der Waals surface area contributed by atoms with Crippen molar-refractivity contribution in [1.29, 1.82) is 0 Å². The fraction of sp³-hybridized carbons (Fsp3) is 0.217. The van der Waals surface area contributed by atoms with Crippen molar-refractivity contribution in [3.8, 4) is 5.69 Å². The van der Waals surface area contributed by atoms with Crippen LogP contribution in [0.1, 0.15) is 6.92 Å². The summed E-state index contributed by atoms with van der Waals surface area (Å²) in [7, 11) is 0. The van der Waals surface area contributed by atoms with Gasteiger partial charge in [-0.2, -0.15) is 0 Å². The van der Waals surface area contributed by atoms with Crippen LogP contribution < -0.4 is 16.0 Å². The van der Waals surface area contributed by atoms with E-state index >= 15 is 0 Å². The number of nitrogens with one attached hydrogen (secondary N) is 1. The van der Waals surface area contributed by atoms with Gasteiger partial charge in [-0.1, -0.05) is 5.16 Å². The fourth-order valence-corrected chi connectivity index (χ4v) is 3.86. The first-order chi connectivity index (χ1) is 17.1. The van der Waals surface area contributed by atoms with Gasteiger partial charge < -0.3 is 25.4 Å². The molecule has 2 amide bonds. The molecule has 0 radical (unpaired) electrons. The lowest BCUT2D eigenvalue weighted by atomic mass is 9.95. The van der Waals surface area contributed by atoms with E-state index in [1.54, 1.807) is 6.07 Å². The predicted molar refractivity (Wildman–Crippen MR) is 123 cm³/mol. The summed E-state index contributed by atoms with van der Waals surface area (Å²) in [6.07, 6.45) is -0.608. The van der Waals surface area contributed by atoms with Crippen molar-refractivity contribution in [2.24, 2.45) is 0 Å². The van der Waals surface area contributed by atoms with E-state index in [2.05, 4.69) is 15.6 Å². The summed E-state index contributed by atoms with van der Waals surface area (Å²) >= 11 is 0. The first kappa shape index (κ1) is 23.4. The van der Waals surface area contributed by atoms with Crippen molar-refractivity contribution in [2.75, 3.05) is 29.1 Å². The Morgan fingerprint density at radius 2 is 2.00 bits per heavy atom. The maximum atomic E-state index is 14.8. The molecule has 0 bridgehead atoms. The average Bonchev–Trinajstić information content (AvgIpc) is 3.41. The van der Waals surface area contributed by atoms with Gasteiger partial charge in [0.1, 0.15) is 5.82 Å². The predicted octanol–water partition coefficient (Wildman–Crippen LogP) is 2.00. The normalized spacial score (nSPS) is 17.8. The number of benzene rings is 2. The second kappa shape index (κ2) is 8.70. The molecule has 1 aliphatic heterocycles. The Labute approximate surface area is 202 Å². The number of morpholine rings is 1. The summed E-state index contributed by atoms with van der Waals surface area (Å²) in [6, 6.07) is 9.74. The van der Waals surface area contributed by atoms with Crippen molar-refractivity contribution in [3.63, 3.8) is 0 Å². The van der Waals surface area contributed by atoms with Crippen LogP contribution in [0.3, 0.4) is 0 Å². The number of fused-ring (bicyclic) bond motifs is 1. The van der Waals surface area contributed by atoms with E-state index in [9.17, 15) is 23.5 Å². The second-order valence-corrected chi connectivity index (χ2v) is 8.34. The smallest absolute Gasteiger partial charge is 0.261 e. The van der Waals surface area contributed by atoms with Crippen molar-refractivity contribution in [2.45, 2.75) is 18.6 Å². The third-order valence-corrected chi connectivity index (χ3v) is 5.82. The van der Waals surface area contributed by atoms with Crippen molar-refractivity contribution >= 4 is 40.1 Å². The zero-order valence-electron chi connectivity index (χ0n) is 18.8. The van der Waals surface area contributed by atoms with Crippen LogP contribution >= 0.6 is 0 Å². The lowest BCUT2D eigenvalue weighted by Crippen LogP contribution is -2.61. The van der Waals surface area contributed by atoms with Gasteiger partial charge in [-0.05, 0) is 43.3 Å². The lowest BCUT2D eigenvalue weighted by molar-refractivity contribution is -0.165. The van der Waals surface area contributed by atoms with E-state index in [0.29, 0.717) is 16.7 Å². The fourth-order valence-electron chi connectivity index (χ4n) is 3.86. The summed E-state index contributed by atoms with van der Waals surface area (Å²) in [5.74, 6) is -3.22. The highest BCUT2D eigenvalue weighted by Gasteiger charge is 2.49. The Hall–Kier alpha value is -4.36. The van der Waals surface area contributed by atoms with Gasteiger partial charge in [0.15, 0.2) is 34.7 Å². The Balaban J connectivity index is 1.36. The summed E-state index contributed by atoms with van der Waals surface area (Å²) in [4.78, 5) is 27.1. The molecule has 1 fully saturated rings. The van der Waals surface area contributed by atoms with Gasteiger partial charge in [0.05, 0.1) is 30.4 Å². The Bertz CT molecular complexity index is 1470. The van der Waals surface area contributed by atoms with Crippen molar-refractivity contribution < 1.29 is 32.7 Å². The molecule has 36 heavy (non-hydrogen) atoms. The SMILES string of the molecule is CC(O)(C(=O)Nc1ccc2c(N)noc2c1)C1OCCN(c2nn(-c3ccc(F)cc3)cc2F)C1=O. The zero-order valence-corrected chi connectivity index (χ0v) is 18.8. The third kappa shape index (κ3) is 4.03. The molecule has 5 rings (SSSR count). The van der Waals surface area contributed by atoms with E-state index in [-0.39, 0.29) is 30.5 Å².